The maximum absolute atomic E-state index is 12.3. The third-order valence-electron chi connectivity index (χ3n) is 3.43. The van der Waals surface area contributed by atoms with Crippen molar-refractivity contribution in [1.82, 2.24) is 4.90 Å². The SMILES string of the molecule is C=C(c1ccccc1)[C@H]1CCCN1C(=O)OC(C)(C)C. The number of amides is 1. The summed E-state index contributed by atoms with van der Waals surface area (Å²) in [5.41, 5.74) is 1.63. The van der Waals surface area contributed by atoms with E-state index in [1.807, 2.05) is 51.1 Å². The maximum Gasteiger partial charge on any atom is 0.410 e. The second kappa shape index (κ2) is 5.70. The molecule has 1 fully saturated rings. The van der Waals surface area contributed by atoms with Crippen LogP contribution < -0.4 is 0 Å². The number of carbonyl (C=O) groups excluding carboxylic acids is 1. The van der Waals surface area contributed by atoms with Gasteiger partial charge in [-0.2, -0.15) is 0 Å². The largest absolute Gasteiger partial charge is 0.444 e. The zero-order valence-electron chi connectivity index (χ0n) is 12.6. The molecule has 0 aromatic heterocycles. The van der Waals surface area contributed by atoms with Gasteiger partial charge in [-0.3, -0.25) is 0 Å². The molecule has 3 heteroatoms. The fourth-order valence-electron chi connectivity index (χ4n) is 2.51. The second-order valence-corrected chi connectivity index (χ2v) is 6.22. The van der Waals surface area contributed by atoms with Crippen LogP contribution in [-0.2, 0) is 4.74 Å². The van der Waals surface area contributed by atoms with Crippen LogP contribution in [0.1, 0.15) is 39.2 Å². The molecule has 0 aliphatic carbocycles. The fraction of sp³-hybridized carbons (Fsp3) is 0.471. The molecule has 1 amide bonds. The van der Waals surface area contributed by atoms with E-state index in [0.29, 0.717) is 0 Å². The van der Waals surface area contributed by atoms with Crippen molar-refractivity contribution in [3.63, 3.8) is 0 Å². The summed E-state index contributed by atoms with van der Waals surface area (Å²) in [4.78, 5) is 14.1. The number of hydrogen-bond acceptors (Lipinski definition) is 2. The number of hydrogen-bond donors (Lipinski definition) is 0. The van der Waals surface area contributed by atoms with Gasteiger partial charge in [0.15, 0.2) is 0 Å². The predicted octanol–water partition coefficient (Wildman–Crippen LogP) is 4.10. The van der Waals surface area contributed by atoms with Crippen LogP contribution in [-0.4, -0.2) is 29.2 Å². The Morgan fingerprint density at radius 2 is 1.95 bits per heavy atom. The highest BCUT2D eigenvalue weighted by Crippen LogP contribution is 2.30. The molecular weight excluding hydrogens is 250 g/mol. The van der Waals surface area contributed by atoms with Crippen LogP contribution in [0.15, 0.2) is 36.9 Å². The van der Waals surface area contributed by atoms with E-state index >= 15 is 0 Å². The summed E-state index contributed by atoms with van der Waals surface area (Å²) in [6, 6.07) is 10.1. The number of rotatable bonds is 2. The topological polar surface area (TPSA) is 29.5 Å². The summed E-state index contributed by atoms with van der Waals surface area (Å²) < 4.78 is 5.48. The third kappa shape index (κ3) is 3.41. The lowest BCUT2D eigenvalue weighted by molar-refractivity contribution is 0.0261. The Labute approximate surface area is 121 Å². The van der Waals surface area contributed by atoms with Crippen molar-refractivity contribution in [2.75, 3.05) is 6.54 Å². The van der Waals surface area contributed by atoms with E-state index in [-0.39, 0.29) is 12.1 Å². The molecule has 20 heavy (non-hydrogen) atoms. The summed E-state index contributed by atoms with van der Waals surface area (Å²) in [6.45, 7) is 10.6. The van der Waals surface area contributed by atoms with Gasteiger partial charge in [0.2, 0.25) is 0 Å². The molecule has 0 spiro atoms. The highest BCUT2D eigenvalue weighted by Gasteiger charge is 2.33. The third-order valence-corrected chi connectivity index (χ3v) is 3.43. The molecule has 0 unspecified atom stereocenters. The molecule has 1 aromatic rings. The fourth-order valence-corrected chi connectivity index (χ4v) is 2.51. The van der Waals surface area contributed by atoms with Crippen molar-refractivity contribution in [3.8, 4) is 0 Å². The van der Waals surface area contributed by atoms with Crippen LogP contribution in [0.4, 0.5) is 4.79 Å². The van der Waals surface area contributed by atoms with Crippen LogP contribution in [0.5, 0.6) is 0 Å². The van der Waals surface area contributed by atoms with E-state index in [9.17, 15) is 4.79 Å². The molecule has 3 nitrogen and oxygen atoms in total. The molecule has 0 saturated carbocycles. The first-order valence-corrected chi connectivity index (χ1v) is 7.12. The Morgan fingerprint density at radius 1 is 1.30 bits per heavy atom. The Bertz CT molecular complexity index is 487. The lowest BCUT2D eigenvalue weighted by Crippen LogP contribution is -2.40. The van der Waals surface area contributed by atoms with E-state index in [0.717, 1.165) is 30.5 Å². The van der Waals surface area contributed by atoms with Crippen LogP contribution in [0, 0.1) is 0 Å². The number of likely N-dealkylation sites (tertiary alicyclic amines) is 1. The highest BCUT2D eigenvalue weighted by atomic mass is 16.6. The second-order valence-electron chi connectivity index (χ2n) is 6.22. The van der Waals surface area contributed by atoms with Crippen LogP contribution in [0.25, 0.3) is 5.57 Å². The van der Waals surface area contributed by atoms with Gasteiger partial charge in [0.05, 0.1) is 6.04 Å². The van der Waals surface area contributed by atoms with Gasteiger partial charge in [-0.1, -0.05) is 36.9 Å². The maximum atomic E-state index is 12.3. The van der Waals surface area contributed by atoms with Crippen molar-refractivity contribution in [3.05, 3.63) is 42.5 Å². The lowest BCUT2D eigenvalue weighted by atomic mass is 9.98. The van der Waals surface area contributed by atoms with E-state index in [1.165, 1.54) is 0 Å². The minimum atomic E-state index is -0.460. The van der Waals surface area contributed by atoms with E-state index in [4.69, 9.17) is 4.74 Å². The minimum Gasteiger partial charge on any atom is -0.444 e. The van der Waals surface area contributed by atoms with E-state index < -0.39 is 5.60 Å². The molecule has 1 atom stereocenters. The lowest BCUT2D eigenvalue weighted by Gasteiger charge is -2.29. The Hall–Kier alpha value is -1.77. The van der Waals surface area contributed by atoms with E-state index in [2.05, 4.69) is 6.58 Å². The number of carbonyl (C=O) groups is 1. The predicted molar refractivity (Wildman–Crippen MR) is 81.4 cm³/mol. The molecule has 2 rings (SSSR count). The number of nitrogens with zero attached hydrogens (tertiary/aromatic N) is 1. The molecule has 0 radical (unpaired) electrons. The zero-order chi connectivity index (χ0) is 14.8. The van der Waals surface area contributed by atoms with Crippen molar-refractivity contribution < 1.29 is 9.53 Å². The number of benzene rings is 1. The first kappa shape index (κ1) is 14.6. The standard InChI is InChI=1S/C17H23NO2/c1-13(14-9-6-5-7-10-14)15-11-8-12-18(15)16(19)20-17(2,3)4/h5-7,9-10,15H,1,8,11-12H2,2-4H3/t15-/m1/s1. The van der Waals surface area contributed by atoms with Crippen molar-refractivity contribution in [1.29, 1.82) is 0 Å². The quantitative estimate of drug-likeness (QED) is 0.812. The van der Waals surface area contributed by atoms with Crippen LogP contribution in [0.3, 0.4) is 0 Å². The van der Waals surface area contributed by atoms with Gasteiger partial charge in [-0.25, -0.2) is 4.79 Å². The highest BCUT2D eigenvalue weighted by molar-refractivity contribution is 5.76. The Balaban J connectivity index is 2.11. The van der Waals surface area contributed by atoms with Gasteiger partial charge in [-0.05, 0) is 44.7 Å². The normalized spacial score (nSPS) is 18.9. The van der Waals surface area contributed by atoms with E-state index in [1.54, 1.807) is 4.90 Å². The van der Waals surface area contributed by atoms with Gasteiger partial charge in [0, 0.05) is 6.54 Å². The van der Waals surface area contributed by atoms with Gasteiger partial charge in [0.25, 0.3) is 0 Å². The average Bonchev–Trinajstić information content (AvgIpc) is 2.86. The van der Waals surface area contributed by atoms with Crippen LogP contribution in [0.2, 0.25) is 0 Å². The van der Waals surface area contributed by atoms with Gasteiger partial charge in [-0.15, -0.1) is 0 Å². The molecule has 1 aromatic carbocycles. The molecule has 1 aliphatic heterocycles. The smallest absolute Gasteiger partial charge is 0.410 e. The Kier molecular flexibility index (Phi) is 4.17. The minimum absolute atomic E-state index is 0.0484. The first-order chi connectivity index (χ1) is 9.38. The van der Waals surface area contributed by atoms with Gasteiger partial charge >= 0.3 is 6.09 Å². The van der Waals surface area contributed by atoms with Crippen molar-refractivity contribution in [2.24, 2.45) is 0 Å². The molecule has 0 N–H and O–H groups in total. The molecule has 1 aliphatic rings. The molecular formula is C17H23NO2. The summed E-state index contributed by atoms with van der Waals surface area (Å²) in [7, 11) is 0. The molecule has 0 bridgehead atoms. The Morgan fingerprint density at radius 3 is 2.55 bits per heavy atom. The summed E-state index contributed by atoms with van der Waals surface area (Å²) >= 11 is 0. The van der Waals surface area contributed by atoms with Gasteiger partial charge < -0.3 is 9.64 Å². The summed E-state index contributed by atoms with van der Waals surface area (Å²) in [5, 5.41) is 0. The van der Waals surface area contributed by atoms with Crippen molar-refractivity contribution >= 4 is 11.7 Å². The monoisotopic (exact) mass is 273 g/mol. The summed E-state index contributed by atoms with van der Waals surface area (Å²) in [6.07, 6.45) is 1.71. The first-order valence-electron chi connectivity index (χ1n) is 7.12. The van der Waals surface area contributed by atoms with Crippen LogP contribution >= 0.6 is 0 Å². The molecule has 108 valence electrons. The van der Waals surface area contributed by atoms with Gasteiger partial charge in [0.1, 0.15) is 5.60 Å². The molecule has 1 saturated heterocycles. The number of ether oxygens (including phenoxy) is 1. The molecule has 1 heterocycles. The van der Waals surface area contributed by atoms with Crippen molar-refractivity contribution in [2.45, 2.75) is 45.3 Å². The summed E-state index contributed by atoms with van der Waals surface area (Å²) in [5.74, 6) is 0. The average molecular weight is 273 g/mol. The zero-order valence-corrected chi connectivity index (χ0v) is 12.6.